The Kier molecular flexibility index (Phi) is 4.34. The fourth-order valence-corrected chi connectivity index (χ4v) is 1.83. The maximum absolute atomic E-state index is 11.7. The number of rotatable bonds is 6. The molecule has 6 nitrogen and oxygen atoms in total. The molecule has 2 rings (SSSR count). The normalized spacial score (nSPS) is 10.7. The van der Waals surface area contributed by atoms with Crippen LogP contribution in [0.25, 0.3) is 11.0 Å². The number of nitro groups is 1. The van der Waals surface area contributed by atoms with E-state index in [2.05, 4.69) is 6.92 Å². The number of hydrogen-bond donors (Lipinski definition) is 0. The lowest BCUT2D eigenvalue weighted by molar-refractivity contribution is -0.384. The van der Waals surface area contributed by atoms with E-state index < -0.39 is 10.9 Å². The van der Waals surface area contributed by atoms with Gasteiger partial charge in [-0.15, -0.1) is 0 Å². The zero-order chi connectivity index (χ0) is 14.5. The van der Waals surface area contributed by atoms with E-state index in [9.17, 15) is 14.9 Å². The zero-order valence-electron chi connectivity index (χ0n) is 11.1. The average molecular weight is 277 g/mol. The summed E-state index contributed by atoms with van der Waals surface area (Å²) in [5, 5.41) is 11.2. The van der Waals surface area contributed by atoms with Crippen LogP contribution in [0.15, 0.2) is 28.7 Å². The fourth-order valence-electron chi connectivity index (χ4n) is 1.83. The van der Waals surface area contributed by atoms with E-state index in [1.54, 1.807) is 0 Å². The van der Waals surface area contributed by atoms with Gasteiger partial charge in [0.25, 0.3) is 5.69 Å². The molecule has 0 atom stereocenters. The molecule has 2 aromatic rings. The van der Waals surface area contributed by atoms with Gasteiger partial charge in [0.15, 0.2) is 0 Å². The smallest absolute Gasteiger partial charge is 0.374 e. The summed E-state index contributed by atoms with van der Waals surface area (Å²) in [4.78, 5) is 21.9. The molecule has 6 heteroatoms. The van der Waals surface area contributed by atoms with Crippen LogP contribution in [0.3, 0.4) is 0 Å². The van der Waals surface area contributed by atoms with E-state index in [1.165, 1.54) is 24.3 Å². The molecule has 0 spiro atoms. The first-order chi connectivity index (χ1) is 9.61. The third-order valence-electron chi connectivity index (χ3n) is 2.89. The summed E-state index contributed by atoms with van der Waals surface area (Å²) < 4.78 is 10.4. The quantitative estimate of drug-likeness (QED) is 0.348. The van der Waals surface area contributed by atoms with E-state index in [0.717, 1.165) is 19.3 Å². The molecule has 1 aromatic heterocycles. The lowest BCUT2D eigenvalue weighted by Crippen LogP contribution is -2.04. The standard InChI is InChI=1S/C14H15NO5/c1-2-3-4-7-19-14(16)13-9-10-8-11(15(17)18)5-6-12(10)20-13/h5-6,8-9H,2-4,7H2,1H3. The van der Waals surface area contributed by atoms with Crippen LogP contribution in [-0.2, 0) is 4.74 Å². The predicted octanol–water partition coefficient (Wildman–Crippen LogP) is 3.69. The van der Waals surface area contributed by atoms with Crippen molar-refractivity contribution in [3.8, 4) is 0 Å². The van der Waals surface area contributed by atoms with Crippen LogP contribution in [0, 0.1) is 10.1 Å². The van der Waals surface area contributed by atoms with Gasteiger partial charge < -0.3 is 9.15 Å². The SMILES string of the molecule is CCCCCOC(=O)c1cc2cc([N+](=O)[O-])ccc2o1. The Labute approximate surface area is 115 Å². The zero-order valence-corrected chi connectivity index (χ0v) is 11.1. The molecular weight excluding hydrogens is 262 g/mol. The molecule has 0 saturated heterocycles. The van der Waals surface area contributed by atoms with Crippen LogP contribution in [0.1, 0.15) is 36.7 Å². The van der Waals surface area contributed by atoms with Gasteiger partial charge in [0.1, 0.15) is 5.58 Å². The topological polar surface area (TPSA) is 82.6 Å². The highest BCUT2D eigenvalue weighted by Gasteiger charge is 2.15. The largest absolute Gasteiger partial charge is 0.460 e. The van der Waals surface area contributed by atoms with Crippen LogP contribution in [0.5, 0.6) is 0 Å². The summed E-state index contributed by atoms with van der Waals surface area (Å²) >= 11 is 0. The summed E-state index contributed by atoms with van der Waals surface area (Å²) in [6.45, 7) is 2.41. The molecule has 0 aliphatic rings. The van der Waals surface area contributed by atoms with Crippen molar-refractivity contribution in [2.75, 3.05) is 6.61 Å². The second kappa shape index (κ2) is 6.18. The van der Waals surface area contributed by atoms with Crippen molar-refractivity contribution in [2.24, 2.45) is 0 Å². The van der Waals surface area contributed by atoms with Crippen molar-refractivity contribution < 1.29 is 18.9 Å². The Morgan fingerprint density at radius 1 is 1.35 bits per heavy atom. The molecule has 106 valence electrons. The number of nitro benzene ring substituents is 1. The van der Waals surface area contributed by atoms with Gasteiger partial charge in [-0.05, 0) is 18.6 Å². The van der Waals surface area contributed by atoms with Gasteiger partial charge >= 0.3 is 5.97 Å². The predicted molar refractivity (Wildman–Crippen MR) is 72.7 cm³/mol. The number of nitrogens with zero attached hydrogens (tertiary/aromatic N) is 1. The molecule has 0 fully saturated rings. The lowest BCUT2D eigenvalue weighted by atomic mass is 10.2. The highest BCUT2D eigenvalue weighted by molar-refractivity contribution is 5.93. The number of carbonyl (C=O) groups is 1. The molecule has 0 aliphatic heterocycles. The minimum absolute atomic E-state index is 0.0406. The van der Waals surface area contributed by atoms with Crippen molar-refractivity contribution in [3.05, 3.63) is 40.1 Å². The van der Waals surface area contributed by atoms with Crippen molar-refractivity contribution in [3.63, 3.8) is 0 Å². The molecule has 0 radical (unpaired) electrons. The Bertz CT molecular complexity index is 632. The van der Waals surface area contributed by atoms with Crippen LogP contribution in [0.4, 0.5) is 5.69 Å². The van der Waals surface area contributed by atoms with E-state index in [0.29, 0.717) is 17.6 Å². The first-order valence-corrected chi connectivity index (χ1v) is 6.47. The van der Waals surface area contributed by atoms with Crippen LogP contribution >= 0.6 is 0 Å². The maximum atomic E-state index is 11.7. The van der Waals surface area contributed by atoms with E-state index in [1.807, 2.05) is 0 Å². The molecule has 1 heterocycles. The van der Waals surface area contributed by atoms with Gasteiger partial charge in [0.05, 0.1) is 11.5 Å². The molecular formula is C14H15NO5. The summed E-state index contributed by atoms with van der Waals surface area (Å²) in [5.74, 6) is -0.475. The number of benzene rings is 1. The summed E-state index contributed by atoms with van der Waals surface area (Å²) in [6.07, 6.45) is 2.86. The second-order valence-corrected chi connectivity index (χ2v) is 4.43. The minimum Gasteiger partial charge on any atom is -0.460 e. The highest BCUT2D eigenvalue weighted by Crippen LogP contribution is 2.24. The minimum atomic E-state index is -0.542. The summed E-state index contributed by atoms with van der Waals surface area (Å²) in [6, 6.07) is 5.64. The molecule has 0 amide bonds. The monoisotopic (exact) mass is 277 g/mol. The number of unbranched alkanes of at least 4 members (excludes halogenated alkanes) is 2. The Morgan fingerprint density at radius 2 is 2.15 bits per heavy atom. The first-order valence-electron chi connectivity index (χ1n) is 6.47. The number of carbonyl (C=O) groups excluding carboxylic acids is 1. The van der Waals surface area contributed by atoms with Crippen LogP contribution in [0.2, 0.25) is 0 Å². The first kappa shape index (κ1) is 14.0. The Hall–Kier alpha value is -2.37. The van der Waals surface area contributed by atoms with Crippen LogP contribution < -0.4 is 0 Å². The Morgan fingerprint density at radius 3 is 2.85 bits per heavy atom. The number of non-ortho nitro benzene ring substituents is 1. The van der Waals surface area contributed by atoms with E-state index in [4.69, 9.17) is 9.15 Å². The third-order valence-corrected chi connectivity index (χ3v) is 2.89. The number of ether oxygens (including phenoxy) is 1. The van der Waals surface area contributed by atoms with E-state index in [-0.39, 0.29) is 11.4 Å². The fraction of sp³-hybridized carbons (Fsp3) is 0.357. The molecule has 0 aliphatic carbocycles. The molecule has 0 unspecified atom stereocenters. The Balaban J connectivity index is 2.11. The number of esters is 1. The summed E-state index contributed by atoms with van der Waals surface area (Å²) in [7, 11) is 0. The summed E-state index contributed by atoms with van der Waals surface area (Å²) in [5.41, 5.74) is 0.386. The van der Waals surface area contributed by atoms with Crippen LogP contribution in [-0.4, -0.2) is 17.5 Å². The van der Waals surface area contributed by atoms with Crippen molar-refractivity contribution in [1.29, 1.82) is 0 Å². The highest BCUT2D eigenvalue weighted by atomic mass is 16.6. The van der Waals surface area contributed by atoms with Gasteiger partial charge in [-0.1, -0.05) is 19.8 Å². The maximum Gasteiger partial charge on any atom is 0.374 e. The number of hydrogen-bond acceptors (Lipinski definition) is 5. The van der Waals surface area contributed by atoms with Gasteiger partial charge in [-0.3, -0.25) is 10.1 Å². The second-order valence-electron chi connectivity index (χ2n) is 4.43. The third kappa shape index (κ3) is 3.14. The molecule has 20 heavy (non-hydrogen) atoms. The molecule has 1 aromatic carbocycles. The average Bonchev–Trinajstić information content (AvgIpc) is 2.86. The molecule has 0 N–H and O–H groups in total. The lowest BCUT2D eigenvalue weighted by Gasteiger charge is -2.00. The molecule has 0 bridgehead atoms. The van der Waals surface area contributed by atoms with Gasteiger partial charge in [0.2, 0.25) is 5.76 Å². The van der Waals surface area contributed by atoms with Crippen molar-refractivity contribution in [1.82, 2.24) is 0 Å². The molecule has 0 saturated carbocycles. The van der Waals surface area contributed by atoms with Crippen molar-refractivity contribution >= 4 is 22.6 Å². The van der Waals surface area contributed by atoms with Gasteiger partial charge in [-0.25, -0.2) is 4.79 Å². The number of furan rings is 1. The van der Waals surface area contributed by atoms with Crippen molar-refractivity contribution in [2.45, 2.75) is 26.2 Å². The van der Waals surface area contributed by atoms with Gasteiger partial charge in [-0.2, -0.15) is 0 Å². The van der Waals surface area contributed by atoms with Gasteiger partial charge in [0, 0.05) is 17.5 Å². The number of fused-ring (bicyclic) bond motifs is 1. The van der Waals surface area contributed by atoms with E-state index >= 15 is 0 Å².